The second kappa shape index (κ2) is 4.98. The molecule has 2 aromatic carbocycles. The van der Waals surface area contributed by atoms with E-state index in [0.717, 1.165) is 16.7 Å². The molecular formula is C18H13FN2O2. The smallest absolute Gasteiger partial charge is 0.225 e. The zero-order chi connectivity index (χ0) is 16.0. The van der Waals surface area contributed by atoms with Crippen LogP contribution in [0.15, 0.2) is 48.5 Å². The Morgan fingerprint density at radius 3 is 2.57 bits per heavy atom. The van der Waals surface area contributed by atoms with Gasteiger partial charge in [-0.3, -0.25) is 4.79 Å². The number of methoxy groups -OCH3 is 1. The van der Waals surface area contributed by atoms with Crippen molar-refractivity contribution in [2.75, 3.05) is 7.11 Å². The van der Waals surface area contributed by atoms with Crippen molar-refractivity contribution in [3.05, 3.63) is 65.7 Å². The molecule has 2 N–H and O–H groups in total. The van der Waals surface area contributed by atoms with E-state index in [1.165, 1.54) is 6.07 Å². The lowest BCUT2D eigenvalue weighted by atomic mass is 10.2. The number of aromatic nitrogens is 2. The Bertz CT molecular complexity index is 1050. The van der Waals surface area contributed by atoms with Crippen LogP contribution in [0.3, 0.4) is 0 Å². The highest BCUT2D eigenvalue weighted by Gasteiger charge is 2.16. The number of rotatable bonds is 3. The molecule has 4 nitrogen and oxygen atoms in total. The predicted molar refractivity (Wildman–Crippen MR) is 86.5 cm³/mol. The van der Waals surface area contributed by atoms with E-state index in [-0.39, 0.29) is 11.6 Å². The lowest BCUT2D eigenvalue weighted by Gasteiger charge is -1.97. The SMILES string of the molecule is COc1ccc2[nH]c(C(=O)c3cc4c(F)cccc4[nH]3)cc2c1. The molecule has 4 rings (SSSR count). The van der Waals surface area contributed by atoms with E-state index in [1.807, 2.05) is 18.2 Å². The molecule has 0 aliphatic heterocycles. The molecular weight excluding hydrogens is 295 g/mol. The van der Waals surface area contributed by atoms with E-state index in [2.05, 4.69) is 9.97 Å². The summed E-state index contributed by atoms with van der Waals surface area (Å²) in [6, 6.07) is 13.6. The van der Waals surface area contributed by atoms with E-state index < -0.39 is 0 Å². The quantitative estimate of drug-likeness (QED) is 0.561. The molecule has 0 aliphatic rings. The van der Waals surface area contributed by atoms with Gasteiger partial charge in [0.15, 0.2) is 0 Å². The van der Waals surface area contributed by atoms with Crippen molar-refractivity contribution in [3.8, 4) is 5.75 Å². The van der Waals surface area contributed by atoms with Gasteiger partial charge < -0.3 is 14.7 Å². The summed E-state index contributed by atoms with van der Waals surface area (Å²) >= 11 is 0. The lowest BCUT2D eigenvalue weighted by Crippen LogP contribution is -2.01. The molecule has 4 aromatic rings. The molecule has 0 atom stereocenters. The standard InChI is InChI=1S/C18H13FN2O2/c1-23-11-5-6-14-10(7-11)8-16(20-14)18(22)17-9-12-13(19)3-2-4-15(12)21-17/h2-9,20-21H,1H3. The number of nitrogens with one attached hydrogen (secondary N) is 2. The van der Waals surface area contributed by atoms with Crippen LogP contribution in [-0.2, 0) is 0 Å². The van der Waals surface area contributed by atoms with Crippen molar-refractivity contribution in [1.29, 1.82) is 0 Å². The predicted octanol–water partition coefficient (Wildman–Crippen LogP) is 4.03. The van der Waals surface area contributed by atoms with E-state index in [1.54, 1.807) is 31.4 Å². The summed E-state index contributed by atoms with van der Waals surface area (Å²) in [5, 5.41) is 1.30. The summed E-state index contributed by atoms with van der Waals surface area (Å²) < 4.78 is 18.9. The monoisotopic (exact) mass is 308 g/mol. The van der Waals surface area contributed by atoms with Gasteiger partial charge in [-0.05, 0) is 42.5 Å². The number of fused-ring (bicyclic) bond motifs is 2. The first kappa shape index (κ1) is 13.6. The topological polar surface area (TPSA) is 57.9 Å². The highest BCUT2D eigenvalue weighted by molar-refractivity contribution is 6.11. The second-order valence-electron chi connectivity index (χ2n) is 5.35. The number of hydrogen-bond donors (Lipinski definition) is 2. The minimum Gasteiger partial charge on any atom is -0.497 e. The van der Waals surface area contributed by atoms with Gasteiger partial charge in [0.2, 0.25) is 5.78 Å². The van der Waals surface area contributed by atoms with Gasteiger partial charge in [-0.1, -0.05) is 6.07 Å². The molecule has 0 saturated carbocycles. The van der Waals surface area contributed by atoms with E-state index >= 15 is 0 Å². The second-order valence-corrected chi connectivity index (χ2v) is 5.35. The fraction of sp³-hybridized carbons (Fsp3) is 0.0556. The van der Waals surface area contributed by atoms with Crippen molar-refractivity contribution in [3.63, 3.8) is 0 Å². The highest BCUT2D eigenvalue weighted by atomic mass is 19.1. The van der Waals surface area contributed by atoms with Crippen LogP contribution in [-0.4, -0.2) is 22.9 Å². The third-order valence-electron chi connectivity index (χ3n) is 3.93. The zero-order valence-corrected chi connectivity index (χ0v) is 12.3. The van der Waals surface area contributed by atoms with Crippen molar-refractivity contribution in [2.45, 2.75) is 0 Å². The Morgan fingerprint density at radius 2 is 1.78 bits per heavy atom. The van der Waals surface area contributed by atoms with Gasteiger partial charge in [-0.15, -0.1) is 0 Å². The third-order valence-corrected chi connectivity index (χ3v) is 3.93. The van der Waals surface area contributed by atoms with E-state index in [0.29, 0.717) is 22.3 Å². The molecule has 0 aliphatic carbocycles. The number of H-pyrrole nitrogens is 2. The summed E-state index contributed by atoms with van der Waals surface area (Å²) in [6.07, 6.45) is 0. The molecule has 0 saturated heterocycles. The van der Waals surface area contributed by atoms with Crippen molar-refractivity contribution in [1.82, 2.24) is 9.97 Å². The number of benzene rings is 2. The molecule has 0 amide bonds. The van der Waals surface area contributed by atoms with E-state index in [9.17, 15) is 9.18 Å². The first-order valence-electron chi connectivity index (χ1n) is 7.14. The highest BCUT2D eigenvalue weighted by Crippen LogP contribution is 2.24. The van der Waals surface area contributed by atoms with Gasteiger partial charge in [-0.25, -0.2) is 4.39 Å². The van der Waals surface area contributed by atoms with Gasteiger partial charge in [0.1, 0.15) is 11.6 Å². The number of carbonyl (C=O) groups excluding carboxylic acids is 1. The Morgan fingerprint density at radius 1 is 1.00 bits per heavy atom. The summed E-state index contributed by atoms with van der Waals surface area (Å²) in [4.78, 5) is 18.7. The average molecular weight is 308 g/mol. The van der Waals surface area contributed by atoms with Crippen LogP contribution in [0.2, 0.25) is 0 Å². The van der Waals surface area contributed by atoms with Gasteiger partial charge in [-0.2, -0.15) is 0 Å². The molecule has 2 aromatic heterocycles. The molecule has 0 bridgehead atoms. The van der Waals surface area contributed by atoms with E-state index in [4.69, 9.17) is 4.74 Å². The van der Waals surface area contributed by atoms with Crippen LogP contribution in [0, 0.1) is 5.82 Å². The number of carbonyl (C=O) groups is 1. The van der Waals surface area contributed by atoms with Crippen molar-refractivity contribution >= 4 is 27.6 Å². The maximum absolute atomic E-state index is 13.8. The zero-order valence-electron chi connectivity index (χ0n) is 12.3. The number of halogens is 1. The molecule has 0 fully saturated rings. The fourth-order valence-electron chi connectivity index (χ4n) is 2.75. The first-order valence-corrected chi connectivity index (χ1v) is 7.14. The summed E-state index contributed by atoms with van der Waals surface area (Å²) in [5.41, 5.74) is 2.24. The van der Waals surface area contributed by atoms with Crippen LogP contribution in [0.25, 0.3) is 21.8 Å². The van der Waals surface area contributed by atoms with Gasteiger partial charge in [0, 0.05) is 21.8 Å². The van der Waals surface area contributed by atoms with Gasteiger partial charge in [0.25, 0.3) is 0 Å². The number of hydrogen-bond acceptors (Lipinski definition) is 2. The van der Waals surface area contributed by atoms with Crippen LogP contribution in [0.4, 0.5) is 4.39 Å². The van der Waals surface area contributed by atoms with Crippen molar-refractivity contribution < 1.29 is 13.9 Å². The van der Waals surface area contributed by atoms with Gasteiger partial charge >= 0.3 is 0 Å². The Balaban J connectivity index is 1.79. The van der Waals surface area contributed by atoms with Crippen LogP contribution >= 0.6 is 0 Å². The average Bonchev–Trinajstić information content (AvgIpc) is 3.18. The molecule has 23 heavy (non-hydrogen) atoms. The van der Waals surface area contributed by atoms with Crippen LogP contribution < -0.4 is 4.74 Å². The summed E-state index contributed by atoms with van der Waals surface area (Å²) in [6.45, 7) is 0. The molecule has 0 radical (unpaired) electrons. The minimum absolute atomic E-state index is 0.212. The van der Waals surface area contributed by atoms with Crippen molar-refractivity contribution in [2.24, 2.45) is 0 Å². The molecule has 0 unspecified atom stereocenters. The molecule has 2 heterocycles. The first-order chi connectivity index (χ1) is 11.2. The van der Waals surface area contributed by atoms with Gasteiger partial charge in [0.05, 0.1) is 18.5 Å². The summed E-state index contributed by atoms with van der Waals surface area (Å²) in [7, 11) is 1.60. The largest absolute Gasteiger partial charge is 0.497 e. The number of ether oxygens (including phenoxy) is 1. The maximum Gasteiger partial charge on any atom is 0.225 e. The molecule has 5 heteroatoms. The Labute approximate surface area is 130 Å². The molecule has 0 spiro atoms. The Hall–Kier alpha value is -3.08. The number of aromatic amines is 2. The third kappa shape index (κ3) is 2.17. The summed E-state index contributed by atoms with van der Waals surface area (Å²) in [5.74, 6) is 0.165. The number of ketones is 1. The fourth-order valence-corrected chi connectivity index (χ4v) is 2.75. The van der Waals surface area contributed by atoms with Crippen LogP contribution in [0.1, 0.15) is 16.2 Å². The Kier molecular flexibility index (Phi) is 2.94. The molecule has 114 valence electrons. The maximum atomic E-state index is 13.8. The lowest BCUT2D eigenvalue weighted by molar-refractivity contribution is 0.103. The minimum atomic E-state index is -0.348. The normalized spacial score (nSPS) is 11.2. The van der Waals surface area contributed by atoms with Crippen LogP contribution in [0.5, 0.6) is 5.75 Å².